The third-order valence-electron chi connectivity index (χ3n) is 3.64. The second kappa shape index (κ2) is 5.50. The van der Waals surface area contributed by atoms with Crippen molar-refractivity contribution < 1.29 is 13.2 Å². The number of alkyl halides is 3. The quantitative estimate of drug-likeness (QED) is 0.908. The molecule has 0 amide bonds. The Bertz CT molecular complexity index is 633. The normalized spacial score (nSPS) is 17.0. The van der Waals surface area contributed by atoms with Crippen LogP contribution in [0.25, 0.3) is 0 Å². The molecule has 2 aromatic rings. The van der Waals surface area contributed by atoms with Crippen LogP contribution in [0.3, 0.4) is 0 Å². The van der Waals surface area contributed by atoms with Crippen molar-refractivity contribution in [3.63, 3.8) is 0 Å². The number of rotatable bonds is 2. The second-order valence-corrected chi connectivity index (χ2v) is 5.22. The zero-order valence-corrected chi connectivity index (χ0v) is 11.8. The van der Waals surface area contributed by atoms with Gasteiger partial charge >= 0.3 is 6.18 Å². The molecule has 3 rings (SSSR count). The smallest absolute Gasteiger partial charge is 0.341 e. The highest BCUT2D eigenvalue weighted by atomic mass is 19.4. The van der Waals surface area contributed by atoms with Crippen LogP contribution in [0.1, 0.15) is 36.0 Å². The molecule has 1 aliphatic heterocycles. The molecule has 22 heavy (non-hydrogen) atoms. The Balaban J connectivity index is 1.75. The zero-order valence-electron chi connectivity index (χ0n) is 11.8. The second-order valence-electron chi connectivity index (χ2n) is 5.22. The summed E-state index contributed by atoms with van der Waals surface area (Å²) in [5.74, 6) is 0.918. The molecule has 1 fully saturated rings. The lowest BCUT2D eigenvalue weighted by Gasteiger charge is -2.31. The molecule has 2 aromatic heterocycles. The summed E-state index contributed by atoms with van der Waals surface area (Å²) in [6.45, 7) is 2.65. The maximum Gasteiger partial charge on any atom is 0.433 e. The predicted molar refractivity (Wildman–Crippen MR) is 70.1 cm³/mol. The zero-order chi connectivity index (χ0) is 15.7. The number of hydrogen-bond acceptors (Lipinski definition) is 6. The molecule has 1 N–H and O–H groups in total. The maximum absolute atomic E-state index is 12.8. The SMILES string of the molecule is Cc1cc(C(F)(F)F)nc(N2CCC(c3nn[nH]n3)CC2)n1. The van der Waals surface area contributed by atoms with Gasteiger partial charge in [-0.3, -0.25) is 0 Å². The van der Waals surface area contributed by atoms with Crippen LogP contribution in [0, 0.1) is 6.92 Å². The molecule has 1 aliphatic rings. The number of H-pyrrole nitrogens is 1. The minimum Gasteiger partial charge on any atom is -0.341 e. The number of aromatic amines is 1. The monoisotopic (exact) mass is 313 g/mol. The van der Waals surface area contributed by atoms with Crippen molar-refractivity contribution in [1.29, 1.82) is 0 Å². The molecule has 1 saturated heterocycles. The molecule has 0 radical (unpaired) electrons. The van der Waals surface area contributed by atoms with E-state index in [2.05, 4.69) is 30.6 Å². The van der Waals surface area contributed by atoms with Gasteiger partial charge in [-0.15, -0.1) is 10.2 Å². The van der Waals surface area contributed by atoms with Crippen molar-refractivity contribution in [3.05, 3.63) is 23.3 Å². The van der Waals surface area contributed by atoms with Gasteiger partial charge in [0.2, 0.25) is 5.95 Å². The van der Waals surface area contributed by atoms with Gasteiger partial charge in [0.1, 0.15) is 5.69 Å². The van der Waals surface area contributed by atoms with Crippen LogP contribution in [-0.2, 0) is 6.18 Å². The average molecular weight is 313 g/mol. The summed E-state index contributed by atoms with van der Waals surface area (Å²) in [5.41, 5.74) is -0.604. The van der Waals surface area contributed by atoms with E-state index in [-0.39, 0.29) is 11.9 Å². The van der Waals surface area contributed by atoms with Crippen molar-refractivity contribution in [2.45, 2.75) is 31.9 Å². The molecule has 0 aliphatic carbocycles. The van der Waals surface area contributed by atoms with Gasteiger partial charge < -0.3 is 4.90 Å². The van der Waals surface area contributed by atoms with Crippen molar-refractivity contribution >= 4 is 5.95 Å². The van der Waals surface area contributed by atoms with Crippen LogP contribution < -0.4 is 4.90 Å². The summed E-state index contributed by atoms with van der Waals surface area (Å²) in [5, 5.41) is 13.8. The fourth-order valence-electron chi connectivity index (χ4n) is 2.52. The van der Waals surface area contributed by atoms with Crippen LogP contribution in [0.4, 0.5) is 19.1 Å². The average Bonchev–Trinajstić information content (AvgIpc) is 3.00. The van der Waals surface area contributed by atoms with Crippen LogP contribution in [-0.4, -0.2) is 43.7 Å². The first-order valence-corrected chi connectivity index (χ1v) is 6.84. The molecule has 0 unspecified atom stereocenters. The molecule has 0 aromatic carbocycles. The molecular weight excluding hydrogens is 299 g/mol. The first-order valence-electron chi connectivity index (χ1n) is 6.84. The Labute approximate surface area is 124 Å². The van der Waals surface area contributed by atoms with Crippen LogP contribution in [0.15, 0.2) is 6.07 Å². The first-order chi connectivity index (χ1) is 10.4. The Hall–Kier alpha value is -2.26. The van der Waals surface area contributed by atoms with E-state index in [4.69, 9.17) is 0 Å². The van der Waals surface area contributed by atoms with Gasteiger partial charge in [-0.05, 0) is 25.8 Å². The number of aryl methyl sites for hydroxylation is 1. The lowest BCUT2D eigenvalue weighted by atomic mass is 9.96. The summed E-state index contributed by atoms with van der Waals surface area (Å²) < 4.78 is 38.5. The Kier molecular flexibility index (Phi) is 3.67. The molecular formula is C12H14F3N7. The van der Waals surface area contributed by atoms with Crippen LogP contribution in [0.5, 0.6) is 0 Å². The van der Waals surface area contributed by atoms with E-state index in [1.165, 1.54) is 6.92 Å². The number of anilines is 1. The minimum atomic E-state index is -4.47. The van der Waals surface area contributed by atoms with Crippen molar-refractivity contribution in [1.82, 2.24) is 30.6 Å². The Morgan fingerprint density at radius 1 is 1.23 bits per heavy atom. The predicted octanol–water partition coefficient (Wildman–Crippen LogP) is 1.70. The minimum absolute atomic E-state index is 0.124. The number of piperidine rings is 1. The summed E-state index contributed by atoms with van der Waals surface area (Å²) in [7, 11) is 0. The van der Waals surface area contributed by atoms with Crippen LogP contribution in [0.2, 0.25) is 0 Å². The van der Waals surface area contributed by atoms with E-state index in [1.807, 2.05) is 0 Å². The van der Waals surface area contributed by atoms with E-state index in [1.54, 1.807) is 4.90 Å². The number of nitrogens with zero attached hydrogens (tertiary/aromatic N) is 6. The Morgan fingerprint density at radius 3 is 2.55 bits per heavy atom. The summed E-state index contributed by atoms with van der Waals surface area (Å²) in [4.78, 5) is 9.54. The molecule has 0 spiro atoms. The Morgan fingerprint density at radius 2 is 1.95 bits per heavy atom. The van der Waals surface area contributed by atoms with Gasteiger partial charge in [0, 0.05) is 24.7 Å². The lowest BCUT2D eigenvalue weighted by molar-refractivity contribution is -0.141. The fraction of sp³-hybridized carbons (Fsp3) is 0.583. The molecule has 7 nitrogen and oxygen atoms in total. The third kappa shape index (κ3) is 3.00. The highest BCUT2D eigenvalue weighted by Crippen LogP contribution is 2.31. The topological polar surface area (TPSA) is 83.5 Å². The van der Waals surface area contributed by atoms with Crippen LogP contribution >= 0.6 is 0 Å². The van der Waals surface area contributed by atoms with Gasteiger partial charge in [-0.1, -0.05) is 5.21 Å². The third-order valence-corrected chi connectivity index (χ3v) is 3.64. The van der Waals surface area contributed by atoms with Gasteiger partial charge in [0.25, 0.3) is 0 Å². The van der Waals surface area contributed by atoms with Gasteiger partial charge in [0.05, 0.1) is 0 Å². The summed E-state index contributed by atoms with van der Waals surface area (Å²) in [6.07, 6.45) is -3.03. The molecule has 118 valence electrons. The summed E-state index contributed by atoms with van der Waals surface area (Å²) in [6, 6.07) is 0.954. The lowest BCUT2D eigenvalue weighted by Crippen LogP contribution is -2.35. The standard InChI is InChI=1S/C12H14F3N7/c1-7-6-9(12(13,14)15)17-11(16-7)22-4-2-8(3-5-22)10-18-20-21-19-10/h6,8H,2-5H2,1H3,(H,18,19,20,21). The van der Waals surface area contributed by atoms with Crippen molar-refractivity contribution in [2.24, 2.45) is 0 Å². The highest BCUT2D eigenvalue weighted by molar-refractivity contribution is 5.34. The van der Waals surface area contributed by atoms with Gasteiger partial charge in [-0.2, -0.15) is 18.4 Å². The fourth-order valence-corrected chi connectivity index (χ4v) is 2.52. The van der Waals surface area contributed by atoms with E-state index < -0.39 is 11.9 Å². The van der Waals surface area contributed by atoms with E-state index >= 15 is 0 Å². The maximum atomic E-state index is 12.8. The molecule has 0 bridgehead atoms. The number of nitrogens with one attached hydrogen (secondary N) is 1. The largest absolute Gasteiger partial charge is 0.433 e. The highest BCUT2D eigenvalue weighted by Gasteiger charge is 2.34. The van der Waals surface area contributed by atoms with E-state index in [0.717, 1.165) is 18.9 Å². The number of aromatic nitrogens is 6. The molecule has 3 heterocycles. The first kappa shape index (κ1) is 14.7. The summed E-state index contributed by atoms with van der Waals surface area (Å²) >= 11 is 0. The van der Waals surface area contributed by atoms with E-state index in [9.17, 15) is 13.2 Å². The van der Waals surface area contributed by atoms with Gasteiger partial charge in [-0.25, -0.2) is 9.97 Å². The van der Waals surface area contributed by atoms with Crippen molar-refractivity contribution in [2.75, 3.05) is 18.0 Å². The number of halogens is 3. The van der Waals surface area contributed by atoms with Gasteiger partial charge in [0.15, 0.2) is 5.82 Å². The number of tetrazole rings is 1. The number of hydrogen-bond donors (Lipinski definition) is 1. The molecule has 10 heteroatoms. The molecule has 0 saturated carbocycles. The van der Waals surface area contributed by atoms with Crippen molar-refractivity contribution in [3.8, 4) is 0 Å². The van der Waals surface area contributed by atoms with E-state index in [0.29, 0.717) is 24.6 Å². The molecule has 0 atom stereocenters.